The van der Waals surface area contributed by atoms with Crippen molar-refractivity contribution in [1.82, 2.24) is 9.97 Å². The molecule has 3 rings (SSSR count). The van der Waals surface area contributed by atoms with E-state index in [-0.39, 0.29) is 0 Å². The third-order valence-electron chi connectivity index (χ3n) is 3.08. The highest BCUT2D eigenvalue weighted by Crippen LogP contribution is 2.29. The summed E-state index contributed by atoms with van der Waals surface area (Å²) in [6.45, 7) is 4.08. The standard InChI is InChI=1S/C15H15N3S/c1-9-3-6-13-14(7-9)18-15(17-13)19-11-5-4-10(2)12(16)8-11/h3-8H,16H2,1-2H3,(H,17,18). The van der Waals surface area contributed by atoms with Crippen LogP contribution in [0.25, 0.3) is 11.0 Å². The molecule has 0 amide bonds. The Morgan fingerprint density at radius 3 is 2.74 bits per heavy atom. The summed E-state index contributed by atoms with van der Waals surface area (Å²) in [6.07, 6.45) is 0. The highest BCUT2D eigenvalue weighted by Gasteiger charge is 2.05. The monoisotopic (exact) mass is 269 g/mol. The number of nitrogens with two attached hydrogens (primary N) is 1. The summed E-state index contributed by atoms with van der Waals surface area (Å²) < 4.78 is 0. The van der Waals surface area contributed by atoms with E-state index < -0.39 is 0 Å². The fourth-order valence-electron chi connectivity index (χ4n) is 1.94. The number of aryl methyl sites for hydroxylation is 2. The molecule has 0 aliphatic carbocycles. The van der Waals surface area contributed by atoms with Crippen molar-refractivity contribution in [3.63, 3.8) is 0 Å². The highest BCUT2D eigenvalue weighted by molar-refractivity contribution is 7.99. The number of aromatic nitrogens is 2. The molecule has 1 aromatic heterocycles. The molecule has 96 valence electrons. The van der Waals surface area contributed by atoms with Crippen LogP contribution in [0.2, 0.25) is 0 Å². The van der Waals surface area contributed by atoms with Crippen molar-refractivity contribution >= 4 is 28.5 Å². The van der Waals surface area contributed by atoms with Gasteiger partial charge in [-0.05, 0) is 49.2 Å². The van der Waals surface area contributed by atoms with Crippen molar-refractivity contribution in [2.75, 3.05) is 5.73 Å². The summed E-state index contributed by atoms with van der Waals surface area (Å²) in [4.78, 5) is 8.99. The predicted molar refractivity (Wildman–Crippen MR) is 80.5 cm³/mol. The van der Waals surface area contributed by atoms with Crippen molar-refractivity contribution in [3.05, 3.63) is 47.5 Å². The molecule has 0 fully saturated rings. The molecule has 4 heteroatoms. The van der Waals surface area contributed by atoms with Gasteiger partial charge in [0.25, 0.3) is 0 Å². The van der Waals surface area contributed by atoms with Crippen molar-refractivity contribution in [2.24, 2.45) is 0 Å². The lowest BCUT2D eigenvalue weighted by molar-refractivity contribution is 1.08. The van der Waals surface area contributed by atoms with Gasteiger partial charge in [0.15, 0.2) is 5.16 Å². The number of benzene rings is 2. The smallest absolute Gasteiger partial charge is 0.171 e. The number of nitrogens with one attached hydrogen (secondary N) is 1. The van der Waals surface area contributed by atoms with E-state index in [0.29, 0.717) is 0 Å². The van der Waals surface area contributed by atoms with Crippen LogP contribution in [0.5, 0.6) is 0 Å². The lowest BCUT2D eigenvalue weighted by atomic mass is 10.2. The molecule has 0 aliphatic rings. The predicted octanol–water partition coefficient (Wildman–Crippen LogP) is 3.91. The summed E-state index contributed by atoms with van der Waals surface area (Å²) in [5.74, 6) is 0. The van der Waals surface area contributed by atoms with E-state index in [1.807, 2.05) is 25.1 Å². The maximum Gasteiger partial charge on any atom is 0.171 e. The normalized spacial score (nSPS) is 11.1. The van der Waals surface area contributed by atoms with Crippen LogP contribution in [-0.2, 0) is 0 Å². The van der Waals surface area contributed by atoms with E-state index in [0.717, 1.165) is 32.3 Å². The molecule has 0 spiro atoms. The minimum absolute atomic E-state index is 0.817. The molecule has 2 aromatic carbocycles. The molecule has 3 nitrogen and oxygen atoms in total. The second-order valence-electron chi connectivity index (χ2n) is 4.68. The number of hydrogen-bond acceptors (Lipinski definition) is 3. The maximum atomic E-state index is 5.93. The molecule has 0 radical (unpaired) electrons. The zero-order valence-corrected chi connectivity index (χ0v) is 11.7. The number of rotatable bonds is 2. The third kappa shape index (κ3) is 2.44. The first-order chi connectivity index (χ1) is 9.11. The van der Waals surface area contributed by atoms with Gasteiger partial charge in [0, 0.05) is 10.6 Å². The van der Waals surface area contributed by atoms with Gasteiger partial charge in [0.05, 0.1) is 11.0 Å². The topological polar surface area (TPSA) is 54.7 Å². The van der Waals surface area contributed by atoms with E-state index >= 15 is 0 Å². The van der Waals surface area contributed by atoms with Crippen molar-refractivity contribution < 1.29 is 0 Å². The van der Waals surface area contributed by atoms with E-state index in [9.17, 15) is 0 Å². The number of nitrogen functional groups attached to an aromatic ring is 1. The van der Waals surface area contributed by atoms with Crippen LogP contribution in [0.4, 0.5) is 5.69 Å². The van der Waals surface area contributed by atoms with Crippen molar-refractivity contribution in [2.45, 2.75) is 23.9 Å². The Bertz CT molecular complexity index is 746. The summed E-state index contributed by atoms with van der Waals surface area (Å²) in [5.41, 5.74) is 11.1. The van der Waals surface area contributed by atoms with Gasteiger partial charge in [-0.15, -0.1) is 0 Å². The fourth-order valence-corrected chi connectivity index (χ4v) is 2.79. The van der Waals surface area contributed by atoms with Gasteiger partial charge in [-0.1, -0.05) is 23.9 Å². The molecule has 0 unspecified atom stereocenters. The minimum Gasteiger partial charge on any atom is -0.398 e. The maximum absolute atomic E-state index is 5.93. The second kappa shape index (κ2) is 4.63. The first kappa shape index (κ1) is 12.1. The molecule has 1 heterocycles. The second-order valence-corrected chi connectivity index (χ2v) is 5.75. The van der Waals surface area contributed by atoms with Crippen LogP contribution < -0.4 is 5.73 Å². The average Bonchev–Trinajstić information content (AvgIpc) is 2.75. The Morgan fingerprint density at radius 2 is 1.95 bits per heavy atom. The van der Waals surface area contributed by atoms with Crippen LogP contribution in [-0.4, -0.2) is 9.97 Å². The van der Waals surface area contributed by atoms with Gasteiger partial charge < -0.3 is 10.7 Å². The van der Waals surface area contributed by atoms with Gasteiger partial charge in [-0.25, -0.2) is 4.98 Å². The lowest BCUT2D eigenvalue weighted by Crippen LogP contribution is -1.89. The first-order valence-corrected chi connectivity index (χ1v) is 6.94. The number of imidazole rings is 1. The minimum atomic E-state index is 0.817. The van der Waals surface area contributed by atoms with E-state index in [2.05, 4.69) is 35.1 Å². The van der Waals surface area contributed by atoms with Crippen LogP contribution >= 0.6 is 11.8 Å². The molecular weight excluding hydrogens is 254 g/mol. The molecule has 0 saturated carbocycles. The Kier molecular flexibility index (Phi) is 2.95. The summed E-state index contributed by atoms with van der Waals surface area (Å²) in [5, 5.41) is 0.892. The zero-order chi connectivity index (χ0) is 13.4. The van der Waals surface area contributed by atoms with Crippen LogP contribution in [0.15, 0.2) is 46.5 Å². The van der Waals surface area contributed by atoms with E-state index in [1.165, 1.54) is 5.56 Å². The summed E-state index contributed by atoms with van der Waals surface area (Å²) in [6, 6.07) is 12.3. The van der Waals surface area contributed by atoms with Crippen LogP contribution in [0.1, 0.15) is 11.1 Å². The lowest BCUT2D eigenvalue weighted by Gasteiger charge is -2.02. The summed E-state index contributed by atoms with van der Waals surface area (Å²) >= 11 is 1.60. The van der Waals surface area contributed by atoms with Gasteiger partial charge in [0.2, 0.25) is 0 Å². The molecule has 3 aromatic rings. The van der Waals surface area contributed by atoms with E-state index in [4.69, 9.17) is 5.73 Å². The SMILES string of the molecule is Cc1ccc2nc(Sc3ccc(C)c(N)c3)[nH]c2c1. The molecule has 0 atom stereocenters. The third-order valence-corrected chi connectivity index (χ3v) is 3.96. The van der Waals surface area contributed by atoms with E-state index in [1.54, 1.807) is 11.8 Å². The van der Waals surface area contributed by atoms with Gasteiger partial charge in [-0.3, -0.25) is 0 Å². The molecular formula is C15H15N3S. The Balaban J connectivity index is 1.94. The fraction of sp³-hybridized carbons (Fsp3) is 0.133. The van der Waals surface area contributed by atoms with Crippen LogP contribution in [0.3, 0.4) is 0 Å². The highest BCUT2D eigenvalue weighted by atomic mass is 32.2. The number of aromatic amines is 1. The number of fused-ring (bicyclic) bond motifs is 1. The number of nitrogens with zero attached hydrogens (tertiary/aromatic N) is 1. The largest absolute Gasteiger partial charge is 0.398 e. The average molecular weight is 269 g/mol. The molecule has 3 N–H and O–H groups in total. The number of anilines is 1. The Labute approximate surface area is 116 Å². The molecule has 19 heavy (non-hydrogen) atoms. The number of hydrogen-bond donors (Lipinski definition) is 2. The summed E-state index contributed by atoms with van der Waals surface area (Å²) in [7, 11) is 0. The molecule has 0 aliphatic heterocycles. The van der Waals surface area contributed by atoms with Gasteiger partial charge in [0.1, 0.15) is 0 Å². The van der Waals surface area contributed by atoms with Gasteiger partial charge >= 0.3 is 0 Å². The quantitative estimate of drug-likeness (QED) is 0.693. The first-order valence-electron chi connectivity index (χ1n) is 6.12. The molecule has 0 bridgehead atoms. The zero-order valence-electron chi connectivity index (χ0n) is 10.9. The Morgan fingerprint density at radius 1 is 1.11 bits per heavy atom. The van der Waals surface area contributed by atoms with Crippen molar-refractivity contribution in [1.29, 1.82) is 0 Å². The Hall–Kier alpha value is -1.94. The van der Waals surface area contributed by atoms with Crippen molar-refractivity contribution in [3.8, 4) is 0 Å². The van der Waals surface area contributed by atoms with Crippen LogP contribution in [0, 0.1) is 13.8 Å². The number of H-pyrrole nitrogens is 1. The molecule has 0 saturated heterocycles. The van der Waals surface area contributed by atoms with Gasteiger partial charge in [-0.2, -0.15) is 0 Å².